The maximum Gasteiger partial charge on any atom is 0.335 e. The van der Waals surface area contributed by atoms with Crippen LogP contribution >= 0.6 is 0 Å². The number of hydrogen-bond donors (Lipinski definition) is 3. The van der Waals surface area contributed by atoms with Crippen LogP contribution in [0.4, 0.5) is 14.9 Å². The number of aromatic carboxylic acids is 1. The van der Waals surface area contributed by atoms with E-state index in [0.717, 1.165) is 0 Å². The number of nitrogens with zero attached hydrogens (tertiary/aromatic N) is 2. The van der Waals surface area contributed by atoms with Gasteiger partial charge < -0.3 is 20.6 Å². The van der Waals surface area contributed by atoms with Gasteiger partial charge in [0.25, 0.3) is 5.91 Å². The second-order valence-electron chi connectivity index (χ2n) is 6.41. The highest BCUT2D eigenvalue weighted by atomic mass is 19.1. The van der Waals surface area contributed by atoms with E-state index >= 15 is 0 Å². The van der Waals surface area contributed by atoms with Gasteiger partial charge in [-0.25, -0.2) is 14.0 Å². The number of benzene rings is 1. The molecule has 0 atom stereocenters. The topological polar surface area (TPSA) is 112 Å². The molecule has 1 saturated heterocycles. The van der Waals surface area contributed by atoms with Crippen LogP contribution in [0.2, 0.25) is 0 Å². The maximum absolute atomic E-state index is 12.9. The number of carbonyl (C=O) groups excluding carboxylic acids is 2. The van der Waals surface area contributed by atoms with Crippen LogP contribution in [0.1, 0.15) is 33.7 Å². The number of pyridine rings is 1. The van der Waals surface area contributed by atoms with E-state index < -0.39 is 12.0 Å². The Bertz CT molecular complexity index is 880. The molecule has 0 bridgehead atoms. The first-order valence-corrected chi connectivity index (χ1v) is 8.74. The summed E-state index contributed by atoms with van der Waals surface area (Å²) in [7, 11) is 0. The van der Waals surface area contributed by atoms with Crippen LogP contribution in [0.25, 0.3) is 0 Å². The smallest absolute Gasteiger partial charge is 0.335 e. The lowest BCUT2D eigenvalue weighted by atomic mass is 10.0. The van der Waals surface area contributed by atoms with Crippen LogP contribution < -0.4 is 10.6 Å². The maximum atomic E-state index is 12.9. The van der Waals surface area contributed by atoms with Gasteiger partial charge in [-0.15, -0.1) is 0 Å². The second kappa shape index (κ2) is 8.47. The summed E-state index contributed by atoms with van der Waals surface area (Å²) in [5.41, 5.74) is 0.573. The number of carbonyl (C=O) groups is 3. The number of carboxylic acids is 1. The number of hydrogen-bond acceptors (Lipinski definition) is 4. The molecule has 0 radical (unpaired) electrons. The molecule has 3 amide bonds. The van der Waals surface area contributed by atoms with Crippen LogP contribution in [-0.4, -0.2) is 52.0 Å². The van der Waals surface area contributed by atoms with Gasteiger partial charge in [-0.3, -0.25) is 9.78 Å². The summed E-state index contributed by atoms with van der Waals surface area (Å²) >= 11 is 0. The largest absolute Gasteiger partial charge is 0.478 e. The fourth-order valence-electron chi connectivity index (χ4n) is 2.96. The number of amides is 3. The molecule has 0 aliphatic carbocycles. The Morgan fingerprint density at radius 3 is 2.43 bits per heavy atom. The van der Waals surface area contributed by atoms with Gasteiger partial charge in [-0.2, -0.15) is 0 Å². The van der Waals surface area contributed by atoms with E-state index in [1.165, 1.54) is 42.6 Å². The molecule has 0 saturated carbocycles. The van der Waals surface area contributed by atoms with Gasteiger partial charge in [0.05, 0.1) is 5.56 Å². The third-order valence-electron chi connectivity index (χ3n) is 4.45. The lowest BCUT2D eigenvalue weighted by Gasteiger charge is -2.32. The summed E-state index contributed by atoms with van der Waals surface area (Å²) in [6.07, 6.45) is 2.41. The fourth-order valence-corrected chi connectivity index (χ4v) is 2.96. The molecule has 146 valence electrons. The lowest BCUT2D eigenvalue weighted by molar-refractivity contribution is 0.0696. The molecule has 1 aromatic heterocycles. The van der Waals surface area contributed by atoms with Crippen molar-refractivity contribution in [2.24, 2.45) is 0 Å². The zero-order valence-electron chi connectivity index (χ0n) is 14.9. The Hall–Kier alpha value is -3.49. The fraction of sp³-hybridized carbons (Fsp3) is 0.263. The molecule has 9 heteroatoms. The number of rotatable bonds is 4. The van der Waals surface area contributed by atoms with Crippen molar-refractivity contribution in [3.05, 3.63) is 59.7 Å². The van der Waals surface area contributed by atoms with Gasteiger partial charge in [0.2, 0.25) is 0 Å². The highest BCUT2D eigenvalue weighted by Gasteiger charge is 2.25. The van der Waals surface area contributed by atoms with Crippen molar-refractivity contribution >= 4 is 23.6 Å². The normalized spacial score (nSPS) is 14.4. The lowest BCUT2D eigenvalue weighted by Crippen LogP contribution is -2.47. The summed E-state index contributed by atoms with van der Waals surface area (Å²) < 4.78 is 12.9. The third-order valence-corrected chi connectivity index (χ3v) is 4.45. The second-order valence-corrected chi connectivity index (χ2v) is 6.41. The van der Waals surface area contributed by atoms with Gasteiger partial charge in [0.1, 0.15) is 11.5 Å². The standard InChI is InChI=1S/C19H19FN4O4/c20-13-1-3-14(4-2-13)22-19(28)23-15-6-9-24(10-7-15)17(25)16-11-12(18(26)27)5-8-21-16/h1-5,8,11,15H,6-7,9-10H2,(H,26,27)(H2,22,23,28). The number of nitrogens with one attached hydrogen (secondary N) is 2. The Balaban J connectivity index is 1.50. The monoisotopic (exact) mass is 386 g/mol. The average molecular weight is 386 g/mol. The number of anilines is 1. The number of halogens is 1. The molecular formula is C19H19FN4O4. The molecule has 2 aromatic rings. The molecule has 0 spiro atoms. The SMILES string of the molecule is O=C(Nc1ccc(F)cc1)NC1CCN(C(=O)c2cc(C(=O)O)ccn2)CC1. The van der Waals surface area contributed by atoms with E-state index in [4.69, 9.17) is 5.11 Å². The van der Waals surface area contributed by atoms with Crippen molar-refractivity contribution in [3.63, 3.8) is 0 Å². The predicted molar refractivity (Wildman–Crippen MR) is 98.7 cm³/mol. The molecule has 1 fully saturated rings. The van der Waals surface area contributed by atoms with E-state index in [1.54, 1.807) is 4.90 Å². The molecule has 1 aliphatic rings. The van der Waals surface area contributed by atoms with E-state index in [-0.39, 0.29) is 29.0 Å². The van der Waals surface area contributed by atoms with Gasteiger partial charge in [-0.05, 0) is 49.2 Å². The molecule has 1 aromatic carbocycles. The van der Waals surface area contributed by atoms with Crippen LogP contribution in [0.15, 0.2) is 42.6 Å². The molecule has 1 aliphatic heterocycles. The summed E-state index contributed by atoms with van der Waals surface area (Å²) in [6, 6.07) is 7.53. The number of aromatic nitrogens is 1. The minimum absolute atomic E-state index is 0.00682. The predicted octanol–water partition coefficient (Wildman–Crippen LogP) is 2.35. The molecule has 0 unspecified atom stereocenters. The Morgan fingerprint density at radius 2 is 1.79 bits per heavy atom. The zero-order valence-corrected chi connectivity index (χ0v) is 14.9. The third kappa shape index (κ3) is 4.81. The van der Waals surface area contributed by atoms with Crippen molar-refractivity contribution in [2.45, 2.75) is 18.9 Å². The highest BCUT2D eigenvalue weighted by molar-refractivity contribution is 5.96. The van der Waals surface area contributed by atoms with Crippen molar-refractivity contribution in [1.82, 2.24) is 15.2 Å². The van der Waals surface area contributed by atoms with Crippen LogP contribution in [0, 0.1) is 5.82 Å². The molecule has 8 nitrogen and oxygen atoms in total. The summed E-state index contributed by atoms with van der Waals surface area (Å²) in [5, 5.41) is 14.5. The summed E-state index contributed by atoms with van der Waals surface area (Å²) in [6.45, 7) is 0.832. The van der Waals surface area contributed by atoms with Crippen LogP contribution in [-0.2, 0) is 0 Å². The highest BCUT2D eigenvalue weighted by Crippen LogP contribution is 2.15. The number of carboxylic acid groups (broad SMARTS) is 1. The average Bonchev–Trinajstić information content (AvgIpc) is 2.70. The van der Waals surface area contributed by atoms with Gasteiger partial charge >= 0.3 is 12.0 Å². The molecule has 28 heavy (non-hydrogen) atoms. The molecular weight excluding hydrogens is 367 g/mol. The first-order valence-electron chi connectivity index (χ1n) is 8.74. The van der Waals surface area contributed by atoms with E-state index in [0.29, 0.717) is 31.6 Å². The first-order chi connectivity index (χ1) is 13.4. The van der Waals surface area contributed by atoms with E-state index in [2.05, 4.69) is 15.6 Å². The van der Waals surface area contributed by atoms with Crippen molar-refractivity contribution in [2.75, 3.05) is 18.4 Å². The van der Waals surface area contributed by atoms with E-state index in [9.17, 15) is 18.8 Å². The Morgan fingerprint density at radius 1 is 1.11 bits per heavy atom. The zero-order chi connectivity index (χ0) is 20.1. The summed E-state index contributed by atoms with van der Waals surface area (Å²) in [4.78, 5) is 41.1. The Kier molecular flexibility index (Phi) is 5.83. The molecule has 3 N–H and O–H groups in total. The van der Waals surface area contributed by atoms with E-state index in [1.807, 2.05) is 0 Å². The van der Waals surface area contributed by atoms with Gasteiger partial charge in [0.15, 0.2) is 0 Å². The Labute approximate surface area is 160 Å². The van der Waals surface area contributed by atoms with Crippen LogP contribution in [0.5, 0.6) is 0 Å². The van der Waals surface area contributed by atoms with Crippen molar-refractivity contribution < 1.29 is 23.9 Å². The minimum atomic E-state index is -1.12. The van der Waals surface area contributed by atoms with Crippen LogP contribution in [0.3, 0.4) is 0 Å². The quantitative estimate of drug-likeness (QED) is 0.747. The van der Waals surface area contributed by atoms with Crippen molar-refractivity contribution in [3.8, 4) is 0 Å². The molecule has 3 rings (SSSR count). The molecule has 2 heterocycles. The van der Waals surface area contributed by atoms with Crippen molar-refractivity contribution in [1.29, 1.82) is 0 Å². The van der Waals surface area contributed by atoms with Gasteiger partial charge in [-0.1, -0.05) is 0 Å². The first kappa shape index (κ1) is 19.3. The van der Waals surface area contributed by atoms with Gasteiger partial charge in [0, 0.05) is 31.0 Å². The summed E-state index contributed by atoms with van der Waals surface area (Å²) in [5.74, 6) is -1.84. The number of urea groups is 1. The number of likely N-dealkylation sites (tertiary alicyclic amines) is 1. The number of piperidine rings is 1. The minimum Gasteiger partial charge on any atom is -0.478 e.